The summed E-state index contributed by atoms with van der Waals surface area (Å²) in [7, 11) is 3.37. The molecule has 0 aliphatic heterocycles. The maximum atomic E-state index is 6.04. The summed E-state index contributed by atoms with van der Waals surface area (Å²) in [5, 5.41) is 3.40. The molecule has 1 saturated carbocycles. The highest BCUT2D eigenvalue weighted by molar-refractivity contribution is 9.11. The molecule has 6 heteroatoms. The van der Waals surface area contributed by atoms with E-state index in [1.165, 1.54) is 0 Å². The summed E-state index contributed by atoms with van der Waals surface area (Å²) in [4.78, 5) is 0. The van der Waals surface area contributed by atoms with E-state index >= 15 is 0 Å². The molecule has 1 fully saturated rings. The number of hydrogen-bond acceptors (Lipinski definition) is 4. The summed E-state index contributed by atoms with van der Waals surface area (Å²) in [6.45, 7) is 3.03. The Morgan fingerprint density at radius 1 is 1.20 bits per heavy atom. The third-order valence-corrected chi connectivity index (χ3v) is 4.71. The quantitative estimate of drug-likeness (QED) is 0.783. The molecule has 1 aromatic carbocycles. The third kappa shape index (κ3) is 3.30. The smallest absolute Gasteiger partial charge is 0.135 e. The van der Waals surface area contributed by atoms with Crippen LogP contribution in [0.2, 0.25) is 0 Å². The minimum Gasteiger partial charge on any atom is -0.496 e. The highest BCUT2D eigenvalue weighted by Gasteiger charge is 2.43. The number of likely N-dealkylation sites (N-methyl/N-ethyl adjacent to an activating group) is 1. The van der Waals surface area contributed by atoms with E-state index < -0.39 is 0 Å². The molecule has 2 rings (SSSR count). The Kier molecular flexibility index (Phi) is 5.72. The molecule has 1 N–H and O–H groups in total. The van der Waals surface area contributed by atoms with Gasteiger partial charge in [-0.25, -0.2) is 0 Å². The van der Waals surface area contributed by atoms with Gasteiger partial charge in [0, 0.05) is 19.6 Å². The summed E-state index contributed by atoms with van der Waals surface area (Å²) in [6, 6.07) is 4.17. The van der Waals surface area contributed by atoms with Crippen LogP contribution in [0.3, 0.4) is 0 Å². The second-order valence-electron chi connectivity index (χ2n) is 4.67. The van der Waals surface area contributed by atoms with Gasteiger partial charge in [-0.15, -0.1) is 0 Å². The van der Waals surface area contributed by atoms with Crippen molar-refractivity contribution in [2.75, 3.05) is 20.8 Å². The average Bonchev–Trinajstić information content (AvgIpc) is 2.41. The summed E-state index contributed by atoms with van der Waals surface area (Å²) in [5.74, 6) is 1.56. The second kappa shape index (κ2) is 7.11. The molecule has 112 valence electrons. The van der Waals surface area contributed by atoms with Crippen LogP contribution in [0.5, 0.6) is 11.5 Å². The topological polar surface area (TPSA) is 39.7 Å². The number of nitrogens with one attached hydrogen (secondary N) is 1. The fourth-order valence-corrected chi connectivity index (χ4v) is 3.29. The lowest BCUT2D eigenvalue weighted by molar-refractivity contribution is -0.0886. The van der Waals surface area contributed by atoms with Gasteiger partial charge in [-0.05, 0) is 50.5 Å². The summed E-state index contributed by atoms with van der Waals surface area (Å²) in [5.41, 5.74) is 0. The van der Waals surface area contributed by atoms with Crippen LogP contribution in [0.15, 0.2) is 21.1 Å². The molecule has 3 unspecified atom stereocenters. The first-order valence-electron chi connectivity index (χ1n) is 6.56. The number of ether oxygens (including phenoxy) is 3. The molecule has 3 atom stereocenters. The zero-order chi connectivity index (χ0) is 14.7. The second-order valence-corrected chi connectivity index (χ2v) is 6.38. The predicted octanol–water partition coefficient (Wildman–Crippen LogP) is 3.36. The number of benzene rings is 1. The van der Waals surface area contributed by atoms with E-state index in [1.807, 2.05) is 12.1 Å². The van der Waals surface area contributed by atoms with Gasteiger partial charge >= 0.3 is 0 Å². The lowest BCUT2D eigenvalue weighted by Gasteiger charge is -2.43. The largest absolute Gasteiger partial charge is 0.496 e. The van der Waals surface area contributed by atoms with Gasteiger partial charge in [0.05, 0.1) is 16.1 Å². The summed E-state index contributed by atoms with van der Waals surface area (Å²) < 4.78 is 18.6. The van der Waals surface area contributed by atoms with Crippen molar-refractivity contribution in [2.24, 2.45) is 0 Å². The monoisotopic (exact) mass is 407 g/mol. The van der Waals surface area contributed by atoms with E-state index in [1.54, 1.807) is 14.2 Å². The van der Waals surface area contributed by atoms with Crippen molar-refractivity contribution in [3.63, 3.8) is 0 Å². The van der Waals surface area contributed by atoms with Crippen LogP contribution < -0.4 is 14.8 Å². The lowest BCUT2D eigenvalue weighted by Crippen LogP contribution is -2.60. The molecule has 0 amide bonds. The Labute approximate surface area is 136 Å². The Bertz CT molecular complexity index is 470. The number of halogens is 2. The number of rotatable bonds is 6. The van der Waals surface area contributed by atoms with Gasteiger partial charge in [-0.1, -0.05) is 6.92 Å². The maximum absolute atomic E-state index is 6.04. The third-order valence-electron chi connectivity index (χ3n) is 3.47. The first-order valence-corrected chi connectivity index (χ1v) is 8.15. The van der Waals surface area contributed by atoms with Crippen LogP contribution >= 0.6 is 31.9 Å². The predicted molar refractivity (Wildman–Crippen MR) is 85.7 cm³/mol. The molecular formula is C14H19Br2NO3. The molecule has 4 nitrogen and oxygen atoms in total. The molecule has 0 spiro atoms. The van der Waals surface area contributed by atoms with Crippen molar-refractivity contribution in [2.45, 2.75) is 31.6 Å². The highest BCUT2D eigenvalue weighted by atomic mass is 79.9. The Hall–Kier alpha value is -0.300. The first-order chi connectivity index (χ1) is 9.60. The van der Waals surface area contributed by atoms with Crippen LogP contribution in [0.4, 0.5) is 0 Å². The molecule has 1 aliphatic rings. The Morgan fingerprint density at radius 2 is 1.85 bits per heavy atom. The molecule has 0 aromatic heterocycles. The van der Waals surface area contributed by atoms with Crippen molar-refractivity contribution in [1.29, 1.82) is 0 Å². The van der Waals surface area contributed by atoms with E-state index in [0.717, 1.165) is 33.4 Å². The maximum Gasteiger partial charge on any atom is 0.135 e. The number of hydrogen-bond donors (Lipinski definition) is 1. The van der Waals surface area contributed by atoms with Gasteiger partial charge in [-0.2, -0.15) is 0 Å². The van der Waals surface area contributed by atoms with Crippen molar-refractivity contribution in [1.82, 2.24) is 5.32 Å². The lowest BCUT2D eigenvalue weighted by atomic mass is 9.85. The van der Waals surface area contributed by atoms with Crippen molar-refractivity contribution in [3.05, 3.63) is 21.1 Å². The average molecular weight is 409 g/mol. The van der Waals surface area contributed by atoms with E-state index in [4.69, 9.17) is 14.2 Å². The van der Waals surface area contributed by atoms with E-state index in [-0.39, 0.29) is 12.2 Å². The molecule has 1 aromatic rings. The fourth-order valence-electron chi connectivity index (χ4n) is 2.39. The van der Waals surface area contributed by atoms with E-state index in [2.05, 4.69) is 44.1 Å². The van der Waals surface area contributed by atoms with Crippen LogP contribution in [-0.2, 0) is 4.74 Å². The van der Waals surface area contributed by atoms with Gasteiger partial charge in [-0.3, -0.25) is 0 Å². The van der Waals surface area contributed by atoms with Crippen LogP contribution in [0, 0.1) is 0 Å². The zero-order valence-electron chi connectivity index (χ0n) is 11.8. The Balaban J connectivity index is 2.06. The van der Waals surface area contributed by atoms with E-state index in [9.17, 15) is 0 Å². The zero-order valence-corrected chi connectivity index (χ0v) is 15.0. The standard InChI is InChI=1S/C14H19Br2NO3/c1-4-17-10-7-13(14(10)19-3)20-12-6-8(15)11(18-2)5-9(12)16/h5-6,10,13-14,17H,4,7H2,1-3H3. The van der Waals surface area contributed by atoms with Gasteiger partial charge in [0.1, 0.15) is 23.7 Å². The van der Waals surface area contributed by atoms with Crippen molar-refractivity contribution >= 4 is 31.9 Å². The van der Waals surface area contributed by atoms with Crippen molar-refractivity contribution < 1.29 is 14.2 Å². The van der Waals surface area contributed by atoms with Crippen LogP contribution in [-0.4, -0.2) is 39.0 Å². The first kappa shape index (κ1) is 16.1. The molecule has 0 bridgehead atoms. The highest BCUT2D eigenvalue weighted by Crippen LogP contribution is 2.38. The molecular weight excluding hydrogens is 390 g/mol. The Morgan fingerprint density at radius 3 is 2.45 bits per heavy atom. The molecule has 0 heterocycles. The minimum atomic E-state index is 0.0700. The molecule has 1 aliphatic carbocycles. The summed E-state index contributed by atoms with van der Waals surface area (Å²) >= 11 is 6.98. The van der Waals surface area contributed by atoms with Gasteiger partial charge in [0.15, 0.2) is 0 Å². The normalized spacial score (nSPS) is 25.1. The van der Waals surface area contributed by atoms with Gasteiger partial charge in [0.2, 0.25) is 0 Å². The van der Waals surface area contributed by atoms with Gasteiger partial charge < -0.3 is 19.5 Å². The van der Waals surface area contributed by atoms with E-state index in [0.29, 0.717) is 6.04 Å². The molecule has 20 heavy (non-hydrogen) atoms. The van der Waals surface area contributed by atoms with Crippen molar-refractivity contribution in [3.8, 4) is 11.5 Å². The minimum absolute atomic E-state index is 0.0700. The van der Waals surface area contributed by atoms with Crippen LogP contribution in [0.25, 0.3) is 0 Å². The summed E-state index contributed by atoms with van der Waals surface area (Å²) in [6.07, 6.45) is 1.10. The fraction of sp³-hybridized carbons (Fsp3) is 0.571. The number of methoxy groups -OCH3 is 2. The van der Waals surface area contributed by atoms with Crippen LogP contribution in [0.1, 0.15) is 13.3 Å². The van der Waals surface area contributed by atoms with Gasteiger partial charge in [0.25, 0.3) is 0 Å². The SMILES string of the molecule is CCNC1CC(Oc2cc(Br)c(OC)cc2Br)C1OC. The molecule has 0 saturated heterocycles. The molecule has 0 radical (unpaired) electrons.